The first-order chi connectivity index (χ1) is 19.8. The summed E-state index contributed by atoms with van der Waals surface area (Å²) in [5.41, 5.74) is 4.43. The number of azo groups is 1. The van der Waals surface area contributed by atoms with E-state index in [9.17, 15) is 14.4 Å². The summed E-state index contributed by atoms with van der Waals surface area (Å²) in [7, 11) is 0. The molecule has 3 heterocycles. The number of fused-ring (bicyclic) bond motifs is 1. The number of carbonyl (C=O) groups is 3. The van der Waals surface area contributed by atoms with Crippen molar-refractivity contribution >= 4 is 40.7 Å². The molecule has 41 heavy (non-hydrogen) atoms. The average Bonchev–Trinajstić information content (AvgIpc) is 3.44. The molecule has 0 saturated carbocycles. The molecular weight excluding hydrogens is 518 g/mol. The maximum atomic E-state index is 11.3. The molecule has 1 N–H and O–H groups in total. The Hall–Kier alpha value is -3.88. The maximum absolute atomic E-state index is 11.3. The quantitative estimate of drug-likeness (QED) is 0.263. The number of carbonyl (C=O) groups excluding carboxylic acids is 3. The van der Waals surface area contributed by atoms with Crippen LogP contribution in [0.1, 0.15) is 90.5 Å². The van der Waals surface area contributed by atoms with E-state index in [2.05, 4.69) is 83.4 Å². The van der Waals surface area contributed by atoms with Crippen molar-refractivity contribution in [2.45, 2.75) is 90.4 Å². The summed E-state index contributed by atoms with van der Waals surface area (Å²) in [6, 6.07) is 16.8. The molecule has 0 spiro atoms. The van der Waals surface area contributed by atoms with E-state index in [4.69, 9.17) is 4.84 Å². The number of benzene rings is 2. The fourth-order valence-electron chi connectivity index (χ4n) is 5.19. The van der Waals surface area contributed by atoms with Crippen LogP contribution < -0.4 is 9.89 Å². The molecule has 2 amide bonds. The lowest BCUT2D eigenvalue weighted by Gasteiger charge is -2.28. The number of hydroxylamine groups is 2. The molecule has 2 fully saturated rings. The zero-order chi connectivity index (χ0) is 29.2. The number of anilines is 1. The maximum Gasteiger partial charge on any atom is 0.334 e. The summed E-state index contributed by atoms with van der Waals surface area (Å²) in [5.74, 6) is -0.452. The van der Waals surface area contributed by atoms with Crippen LogP contribution in [0.3, 0.4) is 0 Å². The van der Waals surface area contributed by atoms with Gasteiger partial charge in [-0.15, -0.1) is 5.06 Å². The van der Waals surface area contributed by atoms with E-state index in [1.807, 2.05) is 6.07 Å². The van der Waals surface area contributed by atoms with E-state index in [0.717, 1.165) is 56.0 Å². The van der Waals surface area contributed by atoms with Gasteiger partial charge in [0, 0.05) is 43.6 Å². The Balaban J connectivity index is 0.000000210. The fourth-order valence-corrected chi connectivity index (χ4v) is 5.19. The van der Waals surface area contributed by atoms with Crippen molar-refractivity contribution in [3.63, 3.8) is 0 Å². The Kier molecular flexibility index (Phi) is 10.4. The van der Waals surface area contributed by atoms with Crippen molar-refractivity contribution in [1.29, 1.82) is 0 Å². The van der Waals surface area contributed by atoms with Crippen LogP contribution in [0.15, 0.2) is 58.8 Å². The fraction of sp³-hybridized carbons (Fsp3) is 0.500. The van der Waals surface area contributed by atoms with Gasteiger partial charge in [-0.3, -0.25) is 9.59 Å². The predicted octanol–water partition coefficient (Wildman–Crippen LogP) is 5.43. The number of amides is 2. The molecule has 3 aliphatic rings. The van der Waals surface area contributed by atoms with Gasteiger partial charge < -0.3 is 9.74 Å². The minimum atomic E-state index is -0.500. The average molecular weight is 561 g/mol. The number of imide groups is 1. The van der Waals surface area contributed by atoms with E-state index in [1.165, 1.54) is 30.5 Å². The lowest BCUT2D eigenvalue weighted by atomic mass is 9.85. The Morgan fingerprint density at radius 2 is 1.59 bits per heavy atom. The van der Waals surface area contributed by atoms with Crippen molar-refractivity contribution in [2.24, 2.45) is 10.2 Å². The monoisotopic (exact) mass is 560 g/mol. The van der Waals surface area contributed by atoms with Gasteiger partial charge in [-0.1, -0.05) is 44.4 Å². The summed E-state index contributed by atoms with van der Waals surface area (Å²) in [5, 5.41) is 9.58. The van der Waals surface area contributed by atoms with E-state index < -0.39 is 17.8 Å². The number of amidine groups is 1. The zero-order valence-corrected chi connectivity index (χ0v) is 24.5. The first-order valence-corrected chi connectivity index (χ1v) is 14.9. The first kappa shape index (κ1) is 30.1. The van der Waals surface area contributed by atoms with Crippen LogP contribution in [0.2, 0.25) is 0 Å². The highest BCUT2D eigenvalue weighted by atomic mass is 16.7. The molecule has 2 aromatic rings. The molecule has 0 aromatic heterocycles. The van der Waals surface area contributed by atoms with Gasteiger partial charge in [0.2, 0.25) is 0 Å². The standard InChI is InChI=1S/C21H24N4.C11H17NO4/c1-21(2)18-8-4-5-9-19(18)22-20(21)24-23-16-10-12-17(13-11-16)25-14-6-3-7-15-25;1-2-3-4-5-6-11(15)16-12-9(13)7-8-10(12)14/h4-5,8-13H,3,6-7,14-15H2,1-2H3;2-8H2,1H3/p+1. The summed E-state index contributed by atoms with van der Waals surface area (Å²) in [6.07, 6.45) is 8.36. The van der Waals surface area contributed by atoms with Crippen molar-refractivity contribution in [3.8, 4) is 0 Å². The van der Waals surface area contributed by atoms with Gasteiger partial charge in [-0.25, -0.2) is 9.79 Å². The van der Waals surface area contributed by atoms with Crippen molar-refractivity contribution < 1.29 is 24.2 Å². The number of para-hydroxylation sites is 1. The van der Waals surface area contributed by atoms with E-state index in [-0.39, 0.29) is 24.7 Å². The second kappa shape index (κ2) is 14.1. The van der Waals surface area contributed by atoms with Crippen LogP contribution >= 0.6 is 0 Å². The molecule has 218 valence electrons. The molecule has 5 rings (SSSR count). The van der Waals surface area contributed by atoms with Crippen molar-refractivity contribution in [2.75, 3.05) is 18.0 Å². The smallest absolute Gasteiger partial charge is 0.334 e. The third kappa shape index (κ3) is 7.86. The van der Waals surface area contributed by atoms with Crippen LogP contribution in [0.25, 0.3) is 0 Å². The molecule has 2 saturated heterocycles. The zero-order valence-electron chi connectivity index (χ0n) is 24.5. The number of nitrogens with one attached hydrogen (secondary N) is 1. The summed E-state index contributed by atoms with van der Waals surface area (Å²) in [4.78, 5) is 44.1. The lowest BCUT2D eigenvalue weighted by Crippen LogP contribution is -2.65. The van der Waals surface area contributed by atoms with Gasteiger partial charge in [-0.2, -0.15) is 0 Å². The van der Waals surface area contributed by atoms with Crippen molar-refractivity contribution in [1.82, 2.24) is 5.06 Å². The highest BCUT2D eigenvalue weighted by Gasteiger charge is 2.41. The molecule has 9 nitrogen and oxygen atoms in total. The number of rotatable bonds is 8. The van der Waals surface area contributed by atoms with Crippen LogP contribution in [-0.4, -0.2) is 41.8 Å². The van der Waals surface area contributed by atoms with Gasteiger partial charge in [-0.05, 0) is 75.0 Å². The molecule has 3 aliphatic heterocycles. The first-order valence-electron chi connectivity index (χ1n) is 14.9. The molecule has 0 unspecified atom stereocenters. The third-order valence-corrected chi connectivity index (χ3v) is 7.72. The SMILES string of the molecule is CC1(C)C(N=Nc2ccc(N3CCCCC3)cc2)=[NH+]c2ccccc21.CCCCCCC(=O)ON1C(=O)CCC1=O. The van der Waals surface area contributed by atoms with Crippen LogP contribution in [0.5, 0.6) is 0 Å². The minimum absolute atomic E-state index is 0.141. The number of piperidine rings is 1. The number of hydrogen-bond donors (Lipinski definition) is 1. The number of nitrogens with zero attached hydrogens (tertiary/aromatic N) is 4. The van der Waals surface area contributed by atoms with Gasteiger partial charge in [0.1, 0.15) is 16.8 Å². The van der Waals surface area contributed by atoms with Crippen LogP contribution in [0.4, 0.5) is 17.1 Å². The summed E-state index contributed by atoms with van der Waals surface area (Å²) >= 11 is 0. The molecular formula is C32H42N5O4+. The topological polar surface area (TPSA) is 106 Å². The Labute approximate surface area is 242 Å². The molecule has 0 bridgehead atoms. The second-order valence-corrected chi connectivity index (χ2v) is 11.3. The highest BCUT2D eigenvalue weighted by molar-refractivity contribution is 6.01. The Morgan fingerprint density at radius 1 is 0.902 bits per heavy atom. The summed E-state index contributed by atoms with van der Waals surface area (Å²) in [6.45, 7) is 8.77. The van der Waals surface area contributed by atoms with Gasteiger partial charge >= 0.3 is 11.8 Å². The molecule has 0 aliphatic carbocycles. The number of hydrogen-bond acceptors (Lipinski definition) is 7. The Morgan fingerprint density at radius 3 is 2.24 bits per heavy atom. The van der Waals surface area contributed by atoms with E-state index in [1.54, 1.807) is 0 Å². The lowest BCUT2D eigenvalue weighted by molar-refractivity contribution is -0.352. The van der Waals surface area contributed by atoms with Gasteiger partial charge in [0.25, 0.3) is 11.8 Å². The third-order valence-electron chi connectivity index (χ3n) is 7.72. The van der Waals surface area contributed by atoms with E-state index in [0.29, 0.717) is 5.06 Å². The summed E-state index contributed by atoms with van der Waals surface area (Å²) < 4.78 is 0. The molecule has 2 aromatic carbocycles. The van der Waals surface area contributed by atoms with E-state index >= 15 is 0 Å². The highest BCUT2D eigenvalue weighted by Crippen LogP contribution is 2.32. The van der Waals surface area contributed by atoms with Crippen LogP contribution in [0, 0.1) is 0 Å². The largest absolute Gasteiger partial charge is 0.372 e. The predicted molar refractivity (Wildman–Crippen MR) is 158 cm³/mol. The molecule has 9 heteroatoms. The Bertz CT molecular complexity index is 1260. The normalized spacial score (nSPS) is 17.8. The van der Waals surface area contributed by atoms with Gasteiger partial charge in [0.05, 0.1) is 5.11 Å². The van der Waals surface area contributed by atoms with Crippen LogP contribution in [-0.2, 0) is 24.6 Å². The minimum Gasteiger partial charge on any atom is -0.372 e. The number of unbranched alkanes of at least 4 members (excludes halogenated alkanes) is 3. The van der Waals surface area contributed by atoms with Crippen molar-refractivity contribution in [3.05, 3.63) is 54.1 Å². The molecule has 0 atom stereocenters. The second-order valence-electron chi connectivity index (χ2n) is 11.3. The van der Waals surface area contributed by atoms with Gasteiger partial charge in [0.15, 0.2) is 0 Å². The molecule has 0 radical (unpaired) electrons.